The van der Waals surface area contributed by atoms with Crippen LogP contribution in [-0.2, 0) is 14.8 Å². The minimum Gasteiger partial charge on any atom is -0.476 e. The molecule has 0 radical (unpaired) electrons. The van der Waals surface area contributed by atoms with E-state index in [0.29, 0.717) is 0 Å². The molecule has 118 valence electrons. The molecule has 0 bridgehead atoms. The van der Waals surface area contributed by atoms with Gasteiger partial charge in [-0.3, -0.25) is 9.89 Å². The molecule has 0 atom stereocenters. The van der Waals surface area contributed by atoms with Crippen LogP contribution in [0, 0.1) is 6.92 Å². The van der Waals surface area contributed by atoms with Crippen molar-refractivity contribution >= 4 is 21.9 Å². The highest BCUT2D eigenvalue weighted by atomic mass is 32.2. The lowest BCUT2D eigenvalue weighted by molar-refractivity contribution is -0.128. The summed E-state index contributed by atoms with van der Waals surface area (Å²) in [6.45, 7) is 2.64. The van der Waals surface area contributed by atoms with Crippen molar-refractivity contribution in [2.75, 3.05) is 27.2 Å². The third kappa shape index (κ3) is 3.39. The molecule has 0 aliphatic heterocycles. The van der Waals surface area contributed by atoms with E-state index < -0.39 is 32.5 Å². The Morgan fingerprint density at radius 3 is 2.33 bits per heavy atom. The first-order chi connectivity index (χ1) is 9.62. The summed E-state index contributed by atoms with van der Waals surface area (Å²) in [7, 11) is -1.11. The van der Waals surface area contributed by atoms with Gasteiger partial charge in [-0.15, -0.1) is 0 Å². The predicted octanol–water partition coefficient (Wildman–Crippen LogP) is -0.485. The lowest BCUT2D eigenvalue weighted by Gasteiger charge is -2.21. The smallest absolute Gasteiger partial charge is 0.357 e. The Bertz CT molecular complexity index is 650. The standard InChI is InChI=1S/C11H18N4O5S/c1-5-15(6-8(16)14(3)4)21(19,20)10-7(2)12-13-9(10)11(17)18/h5-6H2,1-4H3,(H,12,13)(H,17,18). The van der Waals surface area contributed by atoms with Gasteiger partial charge < -0.3 is 10.0 Å². The molecule has 10 heteroatoms. The Kier molecular flexibility index (Phi) is 5.07. The maximum Gasteiger partial charge on any atom is 0.357 e. The average Bonchev–Trinajstić information content (AvgIpc) is 2.77. The van der Waals surface area contributed by atoms with Crippen LogP contribution in [0.3, 0.4) is 0 Å². The summed E-state index contributed by atoms with van der Waals surface area (Å²) in [5.41, 5.74) is -0.466. The number of carboxylic acid groups (broad SMARTS) is 1. The fourth-order valence-corrected chi connectivity index (χ4v) is 3.36. The molecule has 1 aromatic rings. The number of sulfonamides is 1. The molecule has 9 nitrogen and oxygen atoms in total. The summed E-state index contributed by atoms with van der Waals surface area (Å²) < 4.78 is 26.0. The quantitative estimate of drug-likeness (QED) is 0.730. The van der Waals surface area contributed by atoms with E-state index in [0.717, 1.165) is 4.31 Å². The molecule has 0 unspecified atom stereocenters. The Hall–Kier alpha value is -1.94. The van der Waals surface area contributed by atoms with Crippen LogP contribution in [0.1, 0.15) is 23.1 Å². The van der Waals surface area contributed by atoms with E-state index in [4.69, 9.17) is 5.11 Å². The number of hydrogen-bond acceptors (Lipinski definition) is 5. The van der Waals surface area contributed by atoms with Gasteiger partial charge in [0.2, 0.25) is 15.9 Å². The number of carbonyl (C=O) groups excluding carboxylic acids is 1. The second-order valence-electron chi connectivity index (χ2n) is 4.55. The van der Waals surface area contributed by atoms with Gasteiger partial charge in [-0.1, -0.05) is 6.92 Å². The third-order valence-corrected chi connectivity index (χ3v) is 4.94. The van der Waals surface area contributed by atoms with Crippen molar-refractivity contribution in [3.05, 3.63) is 11.4 Å². The number of nitrogens with one attached hydrogen (secondary N) is 1. The first-order valence-corrected chi connectivity index (χ1v) is 7.55. The molecule has 0 aliphatic carbocycles. The van der Waals surface area contributed by atoms with Crippen molar-refractivity contribution in [1.29, 1.82) is 0 Å². The van der Waals surface area contributed by atoms with Crippen molar-refractivity contribution in [2.24, 2.45) is 0 Å². The average molecular weight is 318 g/mol. The van der Waals surface area contributed by atoms with Crippen molar-refractivity contribution in [3.63, 3.8) is 0 Å². The van der Waals surface area contributed by atoms with Crippen LogP contribution in [0.4, 0.5) is 0 Å². The third-order valence-electron chi connectivity index (χ3n) is 2.85. The van der Waals surface area contributed by atoms with Crippen molar-refractivity contribution in [3.8, 4) is 0 Å². The molecule has 0 aliphatic rings. The summed E-state index contributed by atoms with van der Waals surface area (Å²) in [5.74, 6) is -1.86. The molecule has 1 rings (SSSR count). The Balaban J connectivity index is 3.29. The van der Waals surface area contributed by atoms with Gasteiger partial charge in [-0.2, -0.15) is 9.40 Å². The van der Waals surface area contributed by atoms with E-state index in [1.807, 2.05) is 0 Å². The number of carbonyl (C=O) groups is 2. The summed E-state index contributed by atoms with van der Waals surface area (Å²) in [6.07, 6.45) is 0. The van der Waals surface area contributed by atoms with Gasteiger partial charge in [0.25, 0.3) is 0 Å². The second-order valence-corrected chi connectivity index (χ2v) is 6.43. The normalized spacial score (nSPS) is 11.7. The maximum absolute atomic E-state index is 12.6. The number of aromatic amines is 1. The van der Waals surface area contributed by atoms with Crippen LogP contribution in [0.25, 0.3) is 0 Å². The molecule has 21 heavy (non-hydrogen) atoms. The van der Waals surface area contributed by atoms with Gasteiger partial charge in [0.15, 0.2) is 5.69 Å². The summed E-state index contributed by atoms with van der Waals surface area (Å²) >= 11 is 0. The monoisotopic (exact) mass is 318 g/mol. The van der Waals surface area contributed by atoms with Crippen LogP contribution in [-0.4, -0.2) is 72.0 Å². The van der Waals surface area contributed by atoms with Crippen molar-refractivity contribution in [2.45, 2.75) is 18.7 Å². The zero-order valence-corrected chi connectivity index (χ0v) is 13.1. The number of hydrogen-bond donors (Lipinski definition) is 2. The second kappa shape index (κ2) is 6.22. The number of amides is 1. The lowest BCUT2D eigenvalue weighted by atomic mass is 10.4. The molecule has 1 heterocycles. The molecule has 1 aromatic heterocycles. The number of aryl methyl sites for hydroxylation is 1. The van der Waals surface area contributed by atoms with E-state index in [1.165, 1.54) is 25.9 Å². The Morgan fingerprint density at radius 2 is 1.90 bits per heavy atom. The number of aromatic nitrogens is 2. The number of nitrogens with zero attached hydrogens (tertiary/aromatic N) is 3. The molecule has 0 fully saturated rings. The molecular weight excluding hydrogens is 300 g/mol. The first kappa shape index (κ1) is 17.1. The number of H-pyrrole nitrogens is 1. The number of rotatable bonds is 6. The number of aromatic carboxylic acids is 1. The fraction of sp³-hybridized carbons (Fsp3) is 0.545. The van der Waals surface area contributed by atoms with Gasteiger partial charge in [-0.25, -0.2) is 13.2 Å². The highest BCUT2D eigenvalue weighted by Crippen LogP contribution is 2.22. The molecule has 0 saturated carbocycles. The van der Waals surface area contributed by atoms with E-state index in [-0.39, 0.29) is 18.8 Å². The topological polar surface area (TPSA) is 124 Å². The van der Waals surface area contributed by atoms with Gasteiger partial charge in [0.05, 0.1) is 12.2 Å². The van der Waals surface area contributed by atoms with Crippen LogP contribution in [0.15, 0.2) is 4.90 Å². The highest BCUT2D eigenvalue weighted by Gasteiger charge is 2.33. The minimum absolute atomic E-state index is 0.0333. The SMILES string of the molecule is CCN(CC(=O)N(C)C)S(=O)(=O)c1c(C(=O)O)n[nH]c1C. The minimum atomic E-state index is -4.13. The fourth-order valence-electron chi connectivity index (χ4n) is 1.67. The Morgan fingerprint density at radius 1 is 1.33 bits per heavy atom. The predicted molar refractivity (Wildman–Crippen MR) is 73.4 cm³/mol. The van der Waals surface area contributed by atoms with Crippen LogP contribution in [0.5, 0.6) is 0 Å². The van der Waals surface area contributed by atoms with Crippen LogP contribution in [0.2, 0.25) is 0 Å². The number of carboxylic acids is 1. The van der Waals surface area contributed by atoms with Crippen molar-refractivity contribution in [1.82, 2.24) is 19.4 Å². The molecular formula is C11H18N4O5S. The van der Waals surface area contributed by atoms with E-state index in [2.05, 4.69) is 10.2 Å². The lowest BCUT2D eigenvalue weighted by Crippen LogP contribution is -2.40. The molecule has 0 aromatic carbocycles. The summed E-state index contributed by atoms with van der Waals surface area (Å²) in [4.78, 5) is 23.6. The van der Waals surface area contributed by atoms with E-state index in [1.54, 1.807) is 6.92 Å². The maximum atomic E-state index is 12.6. The van der Waals surface area contributed by atoms with E-state index in [9.17, 15) is 18.0 Å². The van der Waals surface area contributed by atoms with Crippen molar-refractivity contribution < 1.29 is 23.1 Å². The number of likely N-dealkylation sites (N-methyl/N-ethyl adjacent to an activating group) is 2. The molecule has 0 saturated heterocycles. The molecule has 0 spiro atoms. The summed E-state index contributed by atoms with van der Waals surface area (Å²) in [5, 5.41) is 14.9. The summed E-state index contributed by atoms with van der Waals surface area (Å²) in [6, 6.07) is 0. The Labute approximate surface area is 122 Å². The van der Waals surface area contributed by atoms with Gasteiger partial charge in [0.1, 0.15) is 4.90 Å². The van der Waals surface area contributed by atoms with Gasteiger partial charge in [-0.05, 0) is 6.92 Å². The van der Waals surface area contributed by atoms with Crippen LogP contribution >= 0.6 is 0 Å². The molecule has 1 amide bonds. The highest BCUT2D eigenvalue weighted by molar-refractivity contribution is 7.89. The molecule has 2 N–H and O–H groups in total. The van der Waals surface area contributed by atoms with Crippen LogP contribution < -0.4 is 0 Å². The zero-order valence-electron chi connectivity index (χ0n) is 12.2. The van der Waals surface area contributed by atoms with Gasteiger partial charge >= 0.3 is 5.97 Å². The zero-order chi connectivity index (χ0) is 16.4. The largest absolute Gasteiger partial charge is 0.476 e. The van der Waals surface area contributed by atoms with E-state index >= 15 is 0 Å². The van der Waals surface area contributed by atoms with Gasteiger partial charge in [0, 0.05) is 20.6 Å². The first-order valence-electron chi connectivity index (χ1n) is 6.11.